The number of aliphatic hydroxyl groups is 1. The zero-order chi connectivity index (χ0) is 10.7. The Balaban J connectivity index is 2.19. The second kappa shape index (κ2) is 4.77. The largest absolute Gasteiger partial charge is 0.495 e. The number of hydrogen-bond donors (Lipinski definition) is 1. The van der Waals surface area contributed by atoms with Crippen molar-refractivity contribution in [1.29, 1.82) is 0 Å². The third kappa shape index (κ3) is 2.58. The molecule has 0 fully saturated rings. The van der Waals surface area contributed by atoms with Crippen LogP contribution in [0.5, 0.6) is 0 Å². The molecule has 0 amide bonds. The molecule has 0 radical (unpaired) electrons. The Morgan fingerprint density at radius 1 is 1.47 bits per heavy atom. The van der Waals surface area contributed by atoms with Crippen molar-refractivity contribution in [3.63, 3.8) is 0 Å². The van der Waals surface area contributed by atoms with Crippen molar-refractivity contribution in [3.8, 4) is 0 Å². The molecule has 0 saturated heterocycles. The lowest BCUT2D eigenvalue weighted by Gasteiger charge is -2.19. The fourth-order valence-electron chi connectivity index (χ4n) is 1.51. The van der Waals surface area contributed by atoms with E-state index in [0.717, 1.165) is 22.9 Å². The lowest BCUT2D eigenvalue weighted by atomic mass is 10.1. The van der Waals surface area contributed by atoms with E-state index in [9.17, 15) is 5.11 Å². The fourth-order valence-corrected chi connectivity index (χ4v) is 1.89. The lowest BCUT2D eigenvalue weighted by molar-refractivity contribution is 0.0916. The Morgan fingerprint density at radius 2 is 2.33 bits per heavy atom. The van der Waals surface area contributed by atoms with Crippen LogP contribution in [0, 0.1) is 0 Å². The molecule has 1 N–H and O–H groups in total. The molecule has 15 heavy (non-hydrogen) atoms. The van der Waals surface area contributed by atoms with Crippen LogP contribution in [0.15, 0.2) is 34.8 Å². The molecule has 1 aromatic heterocycles. The van der Waals surface area contributed by atoms with Crippen LogP contribution >= 0.6 is 15.9 Å². The minimum Gasteiger partial charge on any atom is -0.495 e. The van der Waals surface area contributed by atoms with E-state index in [0.29, 0.717) is 12.4 Å². The van der Waals surface area contributed by atoms with Gasteiger partial charge in [-0.25, -0.2) is 0 Å². The third-order valence-corrected chi connectivity index (χ3v) is 2.71. The van der Waals surface area contributed by atoms with Gasteiger partial charge in [-0.2, -0.15) is 0 Å². The van der Waals surface area contributed by atoms with Crippen LogP contribution < -0.4 is 0 Å². The van der Waals surface area contributed by atoms with Crippen molar-refractivity contribution < 1.29 is 9.84 Å². The van der Waals surface area contributed by atoms with Gasteiger partial charge in [0.15, 0.2) is 0 Å². The van der Waals surface area contributed by atoms with Crippen LogP contribution in [0.4, 0.5) is 0 Å². The summed E-state index contributed by atoms with van der Waals surface area (Å²) in [5.74, 6) is 0.640. The molecule has 1 aromatic rings. The Hall–Kier alpha value is -0.870. The third-order valence-electron chi connectivity index (χ3n) is 2.27. The maximum Gasteiger partial charge on any atom is 0.137 e. The smallest absolute Gasteiger partial charge is 0.137 e. The average molecular weight is 270 g/mol. The first-order chi connectivity index (χ1) is 7.27. The van der Waals surface area contributed by atoms with Crippen LogP contribution in [0.1, 0.15) is 24.5 Å². The maximum atomic E-state index is 10.0. The minimum atomic E-state index is -0.699. The van der Waals surface area contributed by atoms with Crippen LogP contribution in [0.3, 0.4) is 0 Å². The first-order valence-corrected chi connectivity index (χ1v) is 5.68. The number of nitrogens with zero attached hydrogens (tertiary/aromatic N) is 1. The highest BCUT2D eigenvalue weighted by atomic mass is 79.9. The summed E-state index contributed by atoms with van der Waals surface area (Å²) in [4.78, 5) is 4.01. The van der Waals surface area contributed by atoms with Crippen molar-refractivity contribution >= 4 is 15.9 Å². The van der Waals surface area contributed by atoms with E-state index in [2.05, 4.69) is 20.9 Å². The van der Waals surface area contributed by atoms with Gasteiger partial charge in [0.2, 0.25) is 0 Å². The first-order valence-electron chi connectivity index (χ1n) is 4.89. The van der Waals surface area contributed by atoms with Gasteiger partial charge in [-0.15, -0.1) is 0 Å². The number of hydrogen-bond acceptors (Lipinski definition) is 3. The molecule has 0 aliphatic carbocycles. The fraction of sp³-hybridized carbons (Fsp3) is 0.364. The van der Waals surface area contributed by atoms with Gasteiger partial charge in [0, 0.05) is 22.4 Å². The highest BCUT2D eigenvalue weighted by Gasteiger charge is 2.17. The Bertz CT molecular complexity index is 379. The first kappa shape index (κ1) is 10.6. The summed E-state index contributed by atoms with van der Waals surface area (Å²) in [6.45, 7) is 0.685. The van der Waals surface area contributed by atoms with Gasteiger partial charge in [-0.05, 0) is 40.9 Å². The number of halogens is 1. The number of aliphatic hydroxyl groups excluding tert-OH is 1. The molecule has 3 nitrogen and oxygen atoms in total. The Labute approximate surface area is 96.9 Å². The molecule has 0 spiro atoms. The molecule has 0 bridgehead atoms. The lowest BCUT2D eigenvalue weighted by Crippen LogP contribution is -2.10. The molecule has 80 valence electrons. The van der Waals surface area contributed by atoms with Crippen LogP contribution in [0.25, 0.3) is 0 Å². The molecular formula is C11H12BrNO2. The summed E-state index contributed by atoms with van der Waals surface area (Å²) < 4.78 is 6.26. The van der Waals surface area contributed by atoms with E-state index in [-0.39, 0.29) is 0 Å². The summed E-state index contributed by atoms with van der Waals surface area (Å²) in [6.07, 6.45) is 6.56. The normalized spacial score (nSPS) is 17.9. The van der Waals surface area contributed by atoms with E-state index in [1.807, 2.05) is 12.1 Å². The highest BCUT2D eigenvalue weighted by molar-refractivity contribution is 9.10. The maximum absolute atomic E-state index is 10.0. The van der Waals surface area contributed by atoms with Crippen LogP contribution in [-0.4, -0.2) is 16.7 Å². The number of aromatic nitrogens is 1. The quantitative estimate of drug-likeness (QED) is 0.898. The van der Waals surface area contributed by atoms with E-state index in [1.54, 1.807) is 12.4 Å². The SMILES string of the molecule is OC(C1=CCCCO1)c1cncc(Br)c1. The van der Waals surface area contributed by atoms with Gasteiger partial charge >= 0.3 is 0 Å². The molecule has 0 aromatic carbocycles. The van der Waals surface area contributed by atoms with Crippen molar-refractivity contribution in [2.24, 2.45) is 0 Å². The summed E-state index contributed by atoms with van der Waals surface area (Å²) >= 11 is 3.32. The number of pyridine rings is 1. The molecule has 0 saturated carbocycles. The number of ether oxygens (including phenoxy) is 1. The average Bonchev–Trinajstić information content (AvgIpc) is 2.29. The van der Waals surface area contributed by atoms with Gasteiger partial charge in [0.05, 0.1) is 6.61 Å². The predicted molar refractivity (Wildman–Crippen MR) is 60.2 cm³/mol. The molecule has 1 unspecified atom stereocenters. The molecule has 2 rings (SSSR count). The molecule has 1 aliphatic rings. The van der Waals surface area contributed by atoms with Gasteiger partial charge < -0.3 is 9.84 Å². The Morgan fingerprint density at radius 3 is 3.00 bits per heavy atom. The topological polar surface area (TPSA) is 42.4 Å². The second-order valence-corrected chi connectivity index (χ2v) is 4.35. The summed E-state index contributed by atoms with van der Waals surface area (Å²) in [6, 6.07) is 1.84. The van der Waals surface area contributed by atoms with Gasteiger partial charge in [0.1, 0.15) is 11.9 Å². The van der Waals surface area contributed by atoms with Gasteiger partial charge in [-0.1, -0.05) is 0 Å². The summed E-state index contributed by atoms with van der Waals surface area (Å²) in [5.41, 5.74) is 0.748. The minimum absolute atomic E-state index is 0.640. The molecule has 4 heteroatoms. The number of allylic oxidation sites excluding steroid dienone is 1. The zero-order valence-corrected chi connectivity index (χ0v) is 9.77. The van der Waals surface area contributed by atoms with Gasteiger partial charge in [0.25, 0.3) is 0 Å². The van der Waals surface area contributed by atoms with E-state index in [4.69, 9.17) is 4.74 Å². The van der Waals surface area contributed by atoms with Crippen LogP contribution in [-0.2, 0) is 4.74 Å². The van der Waals surface area contributed by atoms with E-state index >= 15 is 0 Å². The van der Waals surface area contributed by atoms with Crippen molar-refractivity contribution in [2.75, 3.05) is 6.61 Å². The predicted octanol–water partition coefficient (Wildman–Crippen LogP) is 2.57. The van der Waals surface area contributed by atoms with Crippen molar-refractivity contribution in [3.05, 3.63) is 40.3 Å². The summed E-state index contributed by atoms with van der Waals surface area (Å²) in [7, 11) is 0. The van der Waals surface area contributed by atoms with Crippen LogP contribution in [0.2, 0.25) is 0 Å². The second-order valence-electron chi connectivity index (χ2n) is 3.44. The summed E-state index contributed by atoms with van der Waals surface area (Å²) in [5, 5.41) is 10.0. The van der Waals surface area contributed by atoms with Gasteiger partial charge in [-0.3, -0.25) is 4.98 Å². The molecular weight excluding hydrogens is 258 g/mol. The standard InChI is InChI=1S/C11H12BrNO2/c12-9-5-8(6-13-7-9)11(14)10-3-1-2-4-15-10/h3,5-7,11,14H,1-2,4H2. The van der Waals surface area contributed by atoms with E-state index in [1.165, 1.54) is 0 Å². The number of rotatable bonds is 2. The molecule has 1 atom stereocenters. The Kier molecular flexibility index (Phi) is 3.38. The zero-order valence-electron chi connectivity index (χ0n) is 8.19. The monoisotopic (exact) mass is 269 g/mol. The van der Waals surface area contributed by atoms with E-state index < -0.39 is 6.10 Å². The highest BCUT2D eigenvalue weighted by Crippen LogP contribution is 2.26. The molecule has 2 heterocycles. The van der Waals surface area contributed by atoms with Crippen molar-refractivity contribution in [1.82, 2.24) is 4.98 Å². The van der Waals surface area contributed by atoms with Crippen molar-refractivity contribution in [2.45, 2.75) is 18.9 Å². The molecule has 1 aliphatic heterocycles.